The molecule has 6 heteroatoms. The van der Waals surface area contributed by atoms with Crippen LogP contribution < -0.4 is 30.0 Å². The predicted octanol–water partition coefficient (Wildman–Crippen LogP) is 3.95. The van der Waals surface area contributed by atoms with E-state index in [0.717, 1.165) is 30.3 Å². The highest BCUT2D eigenvalue weighted by Crippen LogP contribution is 2.49. The van der Waals surface area contributed by atoms with E-state index in [2.05, 4.69) is 70.3 Å². The van der Waals surface area contributed by atoms with Crippen molar-refractivity contribution in [1.82, 2.24) is 10.9 Å². The summed E-state index contributed by atoms with van der Waals surface area (Å²) in [4.78, 5) is 2.45. The van der Waals surface area contributed by atoms with E-state index in [-0.39, 0.29) is 18.9 Å². The number of anilines is 1. The molecule has 3 aliphatic rings. The second-order valence-corrected chi connectivity index (χ2v) is 8.28. The number of nitrogens with one attached hydrogen (secondary N) is 2. The van der Waals surface area contributed by atoms with Crippen molar-refractivity contribution in [2.75, 3.05) is 25.3 Å². The van der Waals surface area contributed by atoms with Crippen LogP contribution in [0, 0.1) is 5.92 Å². The Kier molecular flexibility index (Phi) is 4.47. The van der Waals surface area contributed by atoms with Crippen LogP contribution in [0.25, 0.3) is 0 Å². The predicted molar refractivity (Wildman–Crippen MR) is 118 cm³/mol. The lowest BCUT2D eigenvalue weighted by molar-refractivity contribution is 0.174. The van der Waals surface area contributed by atoms with Crippen molar-refractivity contribution >= 4 is 5.69 Å². The number of nitrogens with zero attached hydrogens (tertiary/aromatic N) is 1. The van der Waals surface area contributed by atoms with Crippen LogP contribution in [0.15, 0.2) is 66.7 Å². The summed E-state index contributed by atoms with van der Waals surface area (Å²) in [6, 6.07) is 23.6. The van der Waals surface area contributed by atoms with E-state index in [1.165, 1.54) is 22.4 Å². The van der Waals surface area contributed by atoms with E-state index >= 15 is 0 Å². The van der Waals surface area contributed by atoms with Gasteiger partial charge in [0.05, 0.1) is 19.2 Å². The summed E-state index contributed by atoms with van der Waals surface area (Å²) >= 11 is 0. The zero-order valence-electron chi connectivity index (χ0n) is 17.4. The molecule has 1 saturated heterocycles. The normalized spacial score (nSPS) is 23.4. The molecule has 3 atom stereocenters. The van der Waals surface area contributed by atoms with Gasteiger partial charge >= 0.3 is 0 Å². The molecule has 2 N–H and O–H groups in total. The molecular weight excluding hydrogens is 390 g/mol. The van der Waals surface area contributed by atoms with Crippen LogP contribution in [0.3, 0.4) is 0 Å². The molecule has 158 valence electrons. The summed E-state index contributed by atoms with van der Waals surface area (Å²) in [5, 5.41) is 0. The average Bonchev–Trinajstić information content (AvgIpc) is 3.45. The first kappa shape index (κ1) is 18.5. The van der Waals surface area contributed by atoms with Crippen LogP contribution in [-0.2, 0) is 6.54 Å². The first-order valence-electron chi connectivity index (χ1n) is 10.7. The summed E-state index contributed by atoms with van der Waals surface area (Å²) < 4.78 is 17.0. The van der Waals surface area contributed by atoms with Crippen LogP contribution in [0.4, 0.5) is 5.69 Å². The number of benzene rings is 3. The van der Waals surface area contributed by atoms with Crippen molar-refractivity contribution in [1.29, 1.82) is 0 Å². The summed E-state index contributed by atoms with van der Waals surface area (Å²) in [5.41, 5.74) is 12.0. The van der Waals surface area contributed by atoms with Gasteiger partial charge in [-0.25, -0.2) is 10.9 Å². The largest absolute Gasteiger partial charge is 0.496 e. The minimum atomic E-state index is 0.198. The number of hydrazine groups is 1. The van der Waals surface area contributed by atoms with Gasteiger partial charge in [0.1, 0.15) is 5.75 Å². The van der Waals surface area contributed by atoms with E-state index in [9.17, 15) is 0 Å². The Morgan fingerprint density at radius 2 is 1.68 bits per heavy atom. The van der Waals surface area contributed by atoms with Gasteiger partial charge in [0.2, 0.25) is 6.79 Å². The number of ether oxygens (including phenoxy) is 3. The number of hydrogen-bond donors (Lipinski definition) is 2. The molecule has 0 aromatic heterocycles. The molecule has 3 unspecified atom stereocenters. The highest BCUT2D eigenvalue weighted by Gasteiger charge is 2.44. The first-order valence-corrected chi connectivity index (χ1v) is 10.7. The highest BCUT2D eigenvalue weighted by molar-refractivity contribution is 5.66. The third kappa shape index (κ3) is 3.10. The molecule has 0 saturated carbocycles. The summed E-state index contributed by atoms with van der Waals surface area (Å²) in [6.07, 6.45) is 0. The van der Waals surface area contributed by atoms with Crippen molar-refractivity contribution in [3.63, 3.8) is 0 Å². The second-order valence-electron chi connectivity index (χ2n) is 8.28. The fourth-order valence-corrected chi connectivity index (χ4v) is 5.11. The van der Waals surface area contributed by atoms with Gasteiger partial charge in [-0.05, 0) is 23.3 Å². The van der Waals surface area contributed by atoms with Gasteiger partial charge in [0.15, 0.2) is 11.5 Å². The Morgan fingerprint density at radius 3 is 2.52 bits per heavy atom. The number of methoxy groups -OCH3 is 1. The lowest BCUT2D eigenvalue weighted by atomic mass is 9.81. The van der Waals surface area contributed by atoms with Gasteiger partial charge in [-0.2, -0.15) is 0 Å². The lowest BCUT2D eigenvalue weighted by Gasteiger charge is -2.39. The van der Waals surface area contributed by atoms with Crippen LogP contribution >= 0.6 is 0 Å². The molecule has 0 aliphatic carbocycles. The molecule has 3 aromatic rings. The highest BCUT2D eigenvalue weighted by atomic mass is 16.7. The summed E-state index contributed by atoms with van der Waals surface area (Å²) in [6.45, 7) is 1.95. The van der Waals surface area contributed by atoms with E-state index in [1.54, 1.807) is 7.11 Å². The van der Waals surface area contributed by atoms with Crippen molar-refractivity contribution in [2.24, 2.45) is 5.92 Å². The minimum absolute atomic E-state index is 0.198. The Morgan fingerprint density at radius 1 is 0.935 bits per heavy atom. The number of fused-ring (bicyclic) bond motifs is 4. The van der Waals surface area contributed by atoms with Crippen LogP contribution in [-0.4, -0.2) is 20.4 Å². The molecule has 0 spiro atoms. The Bertz CT molecular complexity index is 1100. The van der Waals surface area contributed by atoms with E-state index in [1.807, 2.05) is 12.1 Å². The Labute approximate surface area is 181 Å². The molecule has 6 rings (SSSR count). The maximum atomic E-state index is 5.71. The minimum Gasteiger partial charge on any atom is -0.496 e. The quantitative estimate of drug-likeness (QED) is 0.673. The van der Waals surface area contributed by atoms with Crippen LogP contribution in [0.1, 0.15) is 28.8 Å². The molecule has 3 heterocycles. The Hall–Kier alpha value is -3.22. The molecule has 31 heavy (non-hydrogen) atoms. The van der Waals surface area contributed by atoms with Crippen LogP contribution in [0.5, 0.6) is 17.2 Å². The zero-order chi connectivity index (χ0) is 20.8. The van der Waals surface area contributed by atoms with Crippen LogP contribution in [0.2, 0.25) is 0 Å². The Balaban J connectivity index is 1.42. The fraction of sp³-hybridized carbons (Fsp3) is 0.280. The molecule has 3 aliphatic heterocycles. The maximum Gasteiger partial charge on any atom is 0.231 e. The molecule has 0 amide bonds. The molecule has 6 nitrogen and oxygen atoms in total. The van der Waals surface area contributed by atoms with Gasteiger partial charge in [-0.3, -0.25) is 0 Å². The fourth-order valence-electron chi connectivity index (χ4n) is 5.11. The average molecular weight is 415 g/mol. The first-order chi connectivity index (χ1) is 15.3. The summed E-state index contributed by atoms with van der Waals surface area (Å²) in [7, 11) is 1.73. The van der Waals surface area contributed by atoms with Gasteiger partial charge in [-0.15, -0.1) is 0 Å². The summed E-state index contributed by atoms with van der Waals surface area (Å²) in [5.74, 6) is 2.91. The van der Waals surface area contributed by atoms with Crippen molar-refractivity contribution < 1.29 is 14.2 Å². The topological polar surface area (TPSA) is 55.0 Å². The van der Waals surface area contributed by atoms with Gasteiger partial charge < -0.3 is 19.1 Å². The van der Waals surface area contributed by atoms with Gasteiger partial charge in [0, 0.05) is 36.3 Å². The van der Waals surface area contributed by atoms with E-state index < -0.39 is 0 Å². The van der Waals surface area contributed by atoms with E-state index in [4.69, 9.17) is 14.2 Å². The van der Waals surface area contributed by atoms with Crippen molar-refractivity contribution in [3.05, 3.63) is 83.4 Å². The molecular formula is C25H25N3O3. The smallest absolute Gasteiger partial charge is 0.231 e. The molecule has 0 radical (unpaired) electrons. The van der Waals surface area contributed by atoms with Gasteiger partial charge in [0.25, 0.3) is 0 Å². The lowest BCUT2D eigenvalue weighted by Crippen LogP contribution is -2.39. The van der Waals surface area contributed by atoms with Crippen molar-refractivity contribution in [2.45, 2.75) is 18.6 Å². The monoisotopic (exact) mass is 415 g/mol. The SMILES string of the molecule is COc1ccccc1CN1CC2C(c3ccccc3)NNC2c2cc3c(cc21)OCO3. The standard InChI is InChI=1S/C25H25N3O3/c1-29-21-10-6-5-9-17(21)13-28-14-19-24(16-7-3-2-4-8-16)26-27-25(19)18-11-22-23(12-20(18)28)31-15-30-22/h2-12,19,24-27H,13-15H2,1H3. The third-order valence-electron chi connectivity index (χ3n) is 6.59. The zero-order valence-corrected chi connectivity index (χ0v) is 17.4. The number of para-hydroxylation sites is 1. The maximum absolute atomic E-state index is 5.71. The molecule has 0 bridgehead atoms. The number of rotatable bonds is 4. The van der Waals surface area contributed by atoms with E-state index in [0.29, 0.717) is 5.92 Å². The second kappa shape index (κ2) is 7.48. The van der Waals surface area contributed by atoms with Gasteiger partial charge in [-0.1, -0.05) is 48.5 Å². The third-order valence-corrected chi connectivity index (χ3v) is 6.59. The van der Waals surface area contributed by atoms with Crippen molar-refractivity contribution in [3.8, 4) is 17.2 Å². The molecule has 3 aromatic carbocycles. The number of hydrogen-bond acceptors (Lipinski definition) is 6. The molecule has 1 fully saturated rings.